The Labute approximate surface area is 246 Å². The molecule has 40 heavy (non-hydrogen) atoms. The Kier molecular flexibility index (Phi) is 9.77. The topological polar surface area (TPSA) is 86.8 Å². The van der Waals surface area contributed by atoms with Crippen molar-refractivity contribution in [1.29, 1.82) is 0 Å². The van der Waals surface area contributed by atoms with Gasteiger partial charge in [0, 0.05) is 22.6 Å². The second kappa shape index (κ2) is 13.1. The molecule has 4 rings (SSSR count). The van der Waals surface area contributed by atoms with E-state index in [1.807, 2.05) is 13.0 Å². The molecule has 10 heteroatoms. The highest BCUT2D eigenvalue weighted by Gasteiger charge is 2.33. The van der Waals surface area contributed by atoms with Crippen molar-refractivity contribution in [3.8, 4) is 0 Å². The number of rotatable bonds is 10. The Bertz CT molecular complexity index is 1440. The third-order valence-electron chi connectivity index (χ3n) is 7.11. The zero-order valence-corrected chi connectivity index (χ0v) is 24.8. The lowest BCUT2D eigenvalue weighted by Crippen LogP contribution is -2.52. The number of amides is 2. The molecule has 1 atom stereocenters. The van der Waals surface area contributed by atoms with Gasteiger partial charge in [0.05, 0.1) is 10.6 Å². The Morgan fingerprint density at radius 1 is 0.950 bits per heavy atom. The average molecular weight is 603 g/mol. The van der Waals surface area contributed by atoms with Crippen LogP contribution in [0.15, 0.2) is 77.7 Å². The molecule has 7 nitrogen and oxygen atoms in total. The monoisotopic (exact) mass is 601 g/mol. The molecule has 0 radical (unpaired) electrons. The molecule has 1 saturated carbocycles. The predicted molar refractivity (Wildman–Crippen MR) is 159 cm³/mol. The first kappa shape index (κ1) is 29.9. The summed E-state index contributed by atoms with van der Waals surface area (Å²) in [7, 11) is -4.15. The first-order chi connectivity index (χ1) is 19.0. The minimum atomic E-state index is -4.15. The van der Waals surface area contributed by atoms with E-state index in [-0.39, 0.29) is 23.4 Å². The number of carbonyl (C=O) groups is 2. The van der Waals surface area contributed by atoms with Crippen LogP contribution in [0.2, 0.25) is 10.0 Å². The number of nitrogens with one attached hydrogen (secondary N) is 1. The van der Waals surface area contributed by atoms with Gasteiger partial charge in [0.2, 0.25) is 11.8 Å². The Hall–Kier alpha value is -3.07. The SMILES string of the molecule is Cc1ccc(N(CC(=O)N(Cc2cccc(Cl)c2)C(C)C(=O)NC2CCCC2)S(=O)(=O)c2ccc(Cl)cc2)cc1. The van der Waals surface area contributed by atoms with Gasteiger partial charge in [0.25, 0.3) is 10.0 Å². The van der Waals surface area contributed by atoms with E-state index in [4.69, 9.17) is 23.2 Å². The summed E-state index contributed by atoms with van der Waals surface area (Å²) in [5, 5.41) is 3.96. The van der Waals surface area contributed by atoms with Gasteiger partial charge in [-0.3, -0.25) is 13.9 Å². The molecule has 2 amide bonds. The van der Waals surface area contributed by atoms with E-state index in [9.17, 15) is 18.0 Å². The first-order valence-electron chi connectivity index (χ1n) is 13.2. The van der Waals surface area contributed by atoms with Crippen LogP contribution in [0.25, 0.3) is 0 Å². The van der Waals surface area contributed by atoms with Crippen LogP contribution < -0.4 is 9.62 Å². The maximum Gasteiger partial charge on any atom is 0.264 e. The van der Waals surface area contributed by atoms with Crippen molar-refractivity contribution < 1.29 is 18.0 Å². The largest absolute Gasteiger partial charge is 0.352 e. The minimum absolute atomic E-state index is 0.00121. The Balaban J connectivity index is 1.68. The highest BCUT2D eigenvalue weighted by atomic mass is 35.5. The average Bonchev–Trinajstić information content (AvgIpc) is 3.44. The molecule has 0 heterocycles. The van der Waals surface area contributed by atoms with Crippen LogP contribution in [0.4, 0.5) is 5.69 Å². The highest BCUT2D eigenvalue weighted by Crippen LogP contribution is 2.26. The highest BCUT2D eigenvalue weighted by molar-refractivity contribution is 7.92. The van der Waals surface area contributed by atoms with Gasteiger partial charge < -0.3 is 10.2 Å². The zero-order valence-electron chi connectivity index (χ0n) is 22.5. The number of halogens is 2. The van der Waals surface area contributed by atoms with E-state index >= 15 is 0 Å². The van der Waals surface area contributed by atoms with Crippen molar-refractivity contribution >= 4 is 50.7 Å². The summed E-state index contributed by atoms with van der Waals surface area (Å²) in [4.78, 5) is 28.7. The van der Waals surface area contributed by atoms with Gasteiger partial charge >= 0.3 is 0 Å². The summed E-state index contributed by atoms with van der Waals surface area (Å²) in [6, 6.07) is 19.0. The van der Waals surface area contributed by atoms with Gasteiger partial charge in [-0.05, 0) is 80.8 Å². The number of carbonyl (C=O) groups excluding carboxylic acids is 2. The number of hydrogen-bond acceptors (Lipinski definition) is 4. The molecule has 0 bridgehead atoms. The number of benzene rings is 3. The predicted octanol–water partition coefficient (Wildman–Crippen LogP) is 5.97. The standard InChI is InChI=1S/C30H33Cl2N3O4S/c1-21-10-14-27(15-11-21)35(40(38,39)28-16-12-24(31)13-17-28)20-29(36)34(19-23-6-5-7-25(32)18-23)22(2)30(37)33-26-8-3-4-9-26/h5-7,10-18,22,26H,3-4,8-9,19-20H2,1-2H3,(H,33,37). The zero-order chi connectivity index (χ0) is 28.9. The van der Waals surface area contributed by atoms with Crippen LogP contribution >= 0.6 is 23.2 Å². The second-order valence-electron chi connectivity index (χ2n) is 10.1. The molecule has 1 aliphatic carbocycles. The lowest BCUT2D eigenvalue weighted by molar-refractivity contribution is -0.139. The summed E-state index contributed by atoms with van der Waals surface area (Å²) in [5.41, 5.74) is 2.00. The maximum absolute atomic E-state index is 14.0. The van der Waals surface area contributed by atoms with Crippen LogP contribution in [0.5, 0.6) is 0 Å². The van der Waals surface area contributed by atoms with Crippen LogP contribution in [-0.4, -0.2) is 43.8 Å². The van der Waals surface area contributed by atoms with Gasteiger partial charge in [-0.15, -0.1) is 0 Å². The summed E-state index contributed by atoms with van der Waals surface area (Å²) >= 11 is 12.2. The molecule has 0 saturated heterocycles. The third-order valence-corrected chi connectivity index (χ3v) is 9.39. The fraction of sp³-hybridized carbons (Fsp3) is 0.333. The van der Waals surface area contributed by atoms with E-state index in [1.165, 1.54) is 29.2 Å². The Morgan fingerprint density at radius 3 is 2.23 bits per heavy atom. The molecule has 0 spiro atoms. The molecule has 1 N–H and O–H groups in total. The summed E-state index contributed by atoms with van der Waals surface area (Å²) in [6.45, 7) is 3.14. The van der Waals surface area contributed by atoms with Crippen molar-refractivity contribution in [1.82, 2.24) is 10.2 Å². The fourth-order valence-electron chi connectivity index (χ4n) is 4.78. The van der Waals surface area contributed by atoms with Crippen molar-refractivity contribution in [2.75, 3.05) is 10.8 Å². The van der Waals surface area contributed by atoms with Gasteiger partial charge in [0.15, 0.2) is 0 Å². The van der Waals surface area contributed by atoms with E-state index in [0.29, 0.717) is 15.7 Å². The lowest BCUT2D eigenvalue weighted by Gasteiger charge is -2.32. The second-order valence-corrected chi connectivity index (χ2v) is 12.9. The van der Waals surface area contributed by atoms with E-state index in [2.05, 4.69) is 5.32 Å². The molecule has 3 aromatic rings. The van der Waals surface area contributed by atoms with Crippen molar-refractivity contribution in [3.63, 3.8) is 0 Å². The van der Waals surface area contributed by atoms with Gasteiger partial charge in [-0.1, -0.05) is 65.9 Å². The molecule has 0 aliphatic heterocycles. The summed E-state index contributed by atoms with van der Waals surface area (Å²) in [6.07, 6.45) is 3.92. The molecule has 1 unspecified atom stereocenters. The molecular formula is C30H33Cl2N3O4S. The summed E-state index contributed by atoms with van der Waals surface area (Å²) in [5.74, 6) is -0.795. The van der Waals surface area contributed by atoms with Crippen molar-refractivity contribution in [2.45, 2.75) is 63.1 Å². The number of anilines is 1. The Morgan fingerprint density at radius 2 is 1.60 bits per heavy atom. The molecule has 212 valence electrons. The van der Waals surface area contributed by atoms with Crippen molar-refractivity contribution in [2.24, 2.45) is 0 Å². The van der Waals surface area contributed by atoms with Crippen LogP contribution in [0, 0.1) is 6.92 Å². The molecule has 0 aromatic heterocycles. The number of hydrogen-bond donors (Lipinski definition) is 1. The number of sulfonamides is 1. The van der Waals surface area contributed by atoms with Gasteiger partial charge in [0.1, 0.15) is 12.6 Å². The van der Waals surface area contributed by atoms with Crippen LogP contribution in [-0.2, 0) is 26.2 Å². The fourth-order valence-corrected chi connectivity index (χ4v) is 6.53. The molecular weight excluding hydrogens is 569 g/mol. The quantitative estimate of drug-likeness (QED) is 0.310. The van der Waals surface area contributed by atoms with E-state index in [1.54, 1.807) is 49.4 Å². The first-order valence-corrected chi connectivity index (χ1v) is 15.4. The van der Waals surface area contributed by atoms with E-state index in [0.717, 1.165) is 41.1 Å². The smallest absolute Gasteiger partial charge is 0.264 e. The van der Waals surface area contributed by atoms with Gasteiger partial charge in [-0.2, -0.15) is 0 Å². The molecule has 1 aliphatic rings. The number of nitrogens with zero attached hydrogens (tertiary/aromatic N) is 2. The van der Waals surface area contributed by atoms with Crippen LogP contribution in [0.3, 0.4) is 0 Å². The maximum atomic E-state index is 14.0. The summed E-state index contributed by atoms with van der Waals surface area (Å²) < 4.78 is 28.8. The van der Waals surface area contributed by atoms with Gasteiger partial charge in [-0.25, -0.2) is 8.42 Å². The van der Waals surface area contributed by atoms with E-state index < -0.39 is 28.5 Å². The number of aryl methyl sites for hydroxylation is 1. The van der Waals surface area contributed by atoms with Crippen LogP contribution in [0.1, 0.15) is 43.7 Å². The lowest BCUT2D eigenvalue weighted by atomic mass is 10.1. The third kappa shape index (κ3) is 7.36. The normalized spacial score (nSPS) is 14.5. The van der Waals surface area contributed by atoms with Crippen molar-refractivity contribution in [3.05, 3.63) is 94.0 Å². The molecule has 3 aromatic carbocycles. The molecule has 1 fully saturated rings. The minimum Gasteiger partial charge on any atom is -0.352 e.